The smallest absolute Gasteiger partial charge is 0.133 e. The molecule has 4 aliphatic carbocycles. The van der Waals surface area contributed by atoms with Crippen LogP contribution in [0.1, 0.15) is 65.2 Å². The third-order valence-corrected chi connectivity index (χ3v) is 8.17. The van der Waals surface area contributed by atoms with Crippen molar-refractivity contribution in [2.45, 2.75) is 77.4 Å². The molecule has 0 spiro atoms. The Hall–Kier alpha value is -0.410. The van der Waals surface area contributed by atoms with Gasteiger partial charge in [-0.3, -0.25) is 4.79 Å². The minimum absolute atomic E-state index is 0.00740. The molecule has 0 bridgehead atoms. The average Bonchev–Trinajstić information content (AvgIpc) is 2.72. The number of carbonyl (C=O) groups excluding carboxylic acids is 1. The van der Waals surface area contributed by atoms with Crippen molar-refractivity contribution in [1.82, 2.24) is 0 Å². The molecule has 22 heavy (non-hydrogen) atoms. The van der Waals surface area contributed by atoms with Crippen LogP contribution in [-0.4, -0.2) is 28.2 Å². The van der Waals surface area contributed by atoms with Crippen molar-refractivity contribution in [2.24, 2.45) is 34.5 Å². The lowest BCUT2D eigenvalue weighted by Crippen LogP contribution is -2.57. The van der Waals surface area contributed by atoms with Crippen LogP contribution in [0.15, 0.2) is 0 Å². The monoisotopic (exact) mass is 306 g/mol. The largest absolute Gasteiger partial charge is 0.393 e. The van der Waals surface area contributed by atoms with E-state index < -0.39 is 0 Å². The molecule has 4 aliphatic rings. The number of hydrogen-bond acceptors (Lipinski definition) is 3. The number of ketones is 1. The van der Waals surface area contributed by atoms with E-state index in [1.54, 1.807) is 0 Å². The summed E-state index contributed by atoms with van der Waals surface area (Å²) in [4.78, 5) is 12.1. The van der Waals surface area contributed by atoms with Crippen molar-refractivity contribution < 1.29 is 15.0 Å². The highest BCUT2D eigenvalue weighted by Gasteiger charge is 2.61. The van der Waals surface area contributed by atoms with E-state index >= 15 is 0 Å². The van der Waals surface area contributed by atoms with Gasteiger partial charge in [-0.05, 0) is 73.0 Å². The fourth-order valence-electron chi connectivity index (χ4n) is 7.23. The third kappa shape index (κ3) is 1.97. The lowest BCUT2D eigenvalue weighted by molar-refractivity contribution is -0.162. The average molecular weight is 306 g/mol. The highest BCUT2D eigenvalue weighted by atomic mass is 16.3. The van der Waals surface area contributed by atoms with Gasteiger partial charge in [0, 0.05) is 12.8 Å². The second-order valence-corrected chi connectivity index (χ2v) is 9.33. The molecule has 0 heterocycles. The number of aliphatic hydroxyl groups is 2. The molecule has 124 valence electrons. The van der Waals surface area contributed by atoms with Gasteiger partial charge in [0.15, 0.2) is 0 Å². The number of aliphatic hydroxyl groups excluding tert-OH is 2. The summed E-state index contributed by atoms with van der Waals surface area (Å²) in [6, 6.07) is 0. The van der Waals surface area contributed by atoms with Gasteiger partial charge in [-0.15, -0.1) is 0 Å². The molecule has 0 radical (unpaired) electrons. The Morgan fingerprint density at radius 1 is 1.05 bits per heavy atom. The number of carbonyl (C=O) groups is 1. The summed E-state index contributed by atoms with van der Waals surface area (Å²) in [5.74, 6) is 2.30. The van der Waals surface area contributed by atoms with Gasteiger partial charge in [-0.2, -0.15) is 0 Å². The molecule has 8 atom stereocenters. The van der Waals surface area contributed by atoms with Gasteiger partial charge >= 0.3 is 0 Å². The minimum atomic E-state index is -0.251. The molecule has 3 nitrogen and oxygen atoms in total. The van der Waals surface area contributed by atoms with Crippen LogP contribution in [-0.2, 0) is 4.79 Å². The van der Waals surface area contributed by atoms with E-state index in [0.29, 0.717) is 42.3 Å². The molecule has 0 aromatic rings. The molecule has 4 saturated carbocycles. The van der Waals surface area contributed by atoms with Gasteiger partial charge in [0.1, 0.15) is 5.78 Å². The van der Waals surface area contributed by atoms with Crippen molar-refractivity contribution in [3.63, 3.8) is 0 Å². The lowest BCUT2D eigenvalue weighted by Gasteiger charge is -2.60. The first-order valence-electron chi connectivity index (χ1n) is 9.21. The first-order chi connectivity index (χ1) is 10.3. The van der Waals surface area contributed by atoms with Crippen molar-refractivity contribution in [1.29, 1.82) is 0 Å². The molecule has 4 fully saturated rings. The molecule has 0 saturated heterocycles. The van der Waals surface area contributed by atoms with E-state index in [0.717, 1.165) is 25.7 Å². The quantitative estimate of drug-likeness (QED) is 0.723. The Morgan fingerprint density at radius 2 is 1.82 bits per heavy atom. The maximum Gasteiger partial charge on any atom is 0.133 e. The highest BCUT2D eigenvalue weighted by molar-refractivity contribution is 5.80. The predicted octanol–water partition coefficient (Wildman–Crippen LogP) is 2.93. The predicted molar refractivity (Wildman–Crippen MR) is 84.1 cm³/mol. The molecule has 0 aromatic carbocycles. The summed E-state index contributed by atoms with van der Waals surface area (Å²) in [6.07, 6.45) is 6.88. The Bertz CT molecular complexity index is 489. The maximum absolute atomic E-state index is 12.1. The van der Waals surface area contributed by atoms with Crippen LogP contribution < -0.4 is 0 Å². The van der Waals surface area contributed by atoms with E-state index in [1.807, 2.05) is 0 Å². The Morgan fingerprint density at radius 3 is 2.59 bits per heavy atom. The topological polar surface area (TPSA) is 57.5 Å². The molecule has 0 unspecified atom stereocenters. The summed E-state index contributed by atoms with van der Waals surface area (Å²) < 4.78 is 0. The molecule has 3 heteroatoms. The van der Waals surface area contributed by atoms with Gasteiger partial charge in [0.25, 0.3) is 0 Å². The molecule has 4 rings (SSSR count). The second kappa shape index (κ2) is 4.80. The van der Waals surface area contributed by atoms with Crippen LogP contribution in [0.4, 0.5) is 0 Å². The summed E-state index contributed by atoms with van der Waals surface area (Å²) in [5, 5.41) is 21.0. The molecule has 0 aliphatic heterocycles. The number of hydrogen-bond donors (Lipinski definition) is 2. The van der Waals surface area contributed by atoms with Gasteiger partial charge in [0.05, 0.1) is 12.2 Å². The Balaban J connectivity index is 1.69. The summed E-state index contributed by atoms with van der Waals surface area (Å²) >= 11 is 0. The zero-order valence-electron chi connectivity index (χ0n) is 13.9. The van der Waals surface area contributed by atoms with E-state index in [2.05, 4.69) is 13.8 Å². The van der Waals surface area contributed by atoms with Crippen LogP contribution >= 0.6 is 0 Å². The first kappa shape index (κ1) is 15.1. The zero-order valence-corrected chi connectivity index (χ0v) is 13.9. The Labute approximate surface area is 133 Å². The van der Waals surface area contributed by atoms with E-state index in [4.69, 9.17) is 0 Å². The molecule has 0 aromatic heterocycles. The lowest BCUT2D eigenvalue weighted by atomic mass is 9.44. The van der Waals surface area contributed by atoms with Crippen LogP contribution in [0.2, 0.25) is 0 Å². The third-order valence-electron chi connectivity index (χ3n) is 8.17. The second-order valence-electron chi connectivity index (χ2n) is 9.33. The maximum atomic E-state index is 12.1. The van der Waals surface area contributed by atoms with Gasteiger partial charge < -0.3 is 10.2 Å². The normalized spacial score (nSPS) is 57.9. The number of fused-ring (bicyclic) bond motifs is 5. The minimum Gasteiger partial charge on any atom is -0.393 e. The number of rotatable bonds is 0. The van der Waals surface area contributed by atoms with Gasteiger partial charge in [-0.1, -0.05) is 13.8 Å². The van der Waals surface area contributed by atoms with Crippen molar-refractivity contribution in [3.05, 3.63) is 0 Å². The van der Waals surface area contributed by atoms with Gasteiger partial charge in [-0.25, -0.2) is 0 Å². The highest BCUT2D eigenvalue weighted by Crippen LogP contribution is 2.65. The molecular formula is C19H30O3. The van der Waals surface area contributed by atoms with Crippen molar-refractivity contribution in [2.75, 3.05) is 0 Å². The van der Waals surface area contributed by atoms with Crippen LogP contribution in [0.5, 0.6) is 0 Å². The SMILES string of the molecule is C[C@]12CC[C@H]3[C@@H](C[C@H](O)[C@H]4CCC(=O)C[C@@]43C)[C@@H]1C[C@@H](O)C2. The molecule has 2 N–H and O–H groups in total. The standard InChI is InChI=1S/C19H30O3/c1-18-6-5-14-13(16(18)7-12(21)9-18)8-17(22)15-4-3-11(20)10-19(14,15)2/h12-17,21-22H,3-10H2,1-2H3/t12-,13-,14+,15-,16+,17+,18-,19-/m1/s1. The zero-order chi connectivity index (χ0) is 15.7. The Kier molecular flexibility index (Phi) is 3.30. The van der Waals surface area contributed by atoms with Crippen molar-refractivity contribution >= 4 is 5.78 Å². The van der Waals surface area contributed by atoms with E-state index in [9.17, 15) is 15.0 Å². The van der Waals surface area contributed by atoms with Gasteiger partial charge in [0.2, 0.25) is 0 Å². The van der Waals surface area contributed by atoms with Crippen LogP contribution in [0.25, 0.3) is 0 Å². The van der Waals surface area contributed by atoms with E-state index in [1.165, 1.54) is 12.8 Å². The number of Topliss-reactive ketones (excluding diaryl/α,β-unsaturated/α-hetero) is 1. The summed E-state index contributed by atoms with van der Waals surface area (Å²) in [5.41, 5.74) is 0.245. The fourth-order valence-corrected chi connectivity index (χ4v) is 7.23. The van der Waals surface area contributed by atoms with Crippen LogP contribution in [0, 0.1) is 34.5 Å². The summed E-state index contributed by atoms with van der Waals surface area (Å²) in [6.45, 7) is 4.62. The van der Waals surface area contributed by atoms with E-state index in [-0.39, 0.29) is 23.0 Å². The molecule has 0 amide bonds. The van der Waals surface area contributed by atoms with Crippen LogP contribution in [0.3, 0.4) is 0 Å². The fraction of sp³-hybridized carbons (Fsp3) is 0.947. The van der Waals surface area contributed by atoms with Crippen molar-refractivity contribution in [3.8, 4) is 0 Å². The summed E-state index contributed by atoms with van der Waals surface area (Å²) in [7, 11) is 0. The molecular weight excluding hydrogens is 276 g/mol. The first-order valence-corrected chi connectivity index (χ1v) is 9.21.